The van der Waals surface area contributed by atoms with Crippen molar-refractivity contribution in [3.8, 4) is 0 Å². The summed E-state index contributed by atoms with van der Waals surface area (Å²) in [6.45, 7) is 4.07. The second kappa shape index (κ2) is 3.18. The molecule has 0 aliphatic heterocycles. The van der Waals surface area contributed by atoms with Crippen LogP contribution >= 0.6 is 11.6 Å². The Labute approximate surface area is 88.5 Å². The summed E-state index contributed by atoms with van der Waals surface area (Å²) in [6.07, 6.45) is 0. The molecule has 0 fully saturated rings. The lowest BCUT2D eigenvalue weighted by atomic mass is 9.99. The van der Waals surface area contributed by atoms with Crippen molar-refractivity contribution in [3.05, 3.63) is 40.4 Å². The summed E-state index contributed by atoms with van der Waals surface area (Å²) in [5.74, 6) is 0. The highest BCUT2D eigenvalue weighted by molar-refractivity contribution is 6.32. The van der Waals surface area contributed by atoms with Gasteiger partial charge in [-0.1, -0.05) is 23.7 Å². The highest BCUT2D eigenvalue weighted by Crippen LogP contribution is 2.31. The Balaban J connectivity index is 2.99. The average Bonchev–Trinajstić information content (AvgIpc) is 2.14. The predicted octanol–water partition coefficient (Wildman–Crippen LogP) is 3.69. The average molecular weight is 206 g/mol. The second-order valence-electron chi connectivity index (χ2n) is 3.55. The molecule has 0 radical (unpaired) electrons. The molecule has 2 N–H and O–H groups in total. The zero-order valence-corrected chi connectivity index (χ0v) is 9.02. The minimum absolute atomic E-state index is 0.806. The first kappa shape index (κ1) is 9.35. The van der Waals surface area contributed by atoms with Crippen LogP contribution in [0.4, 0.5) is 5.69 Å². The fraction of sp³-hybridized carbons (Fsp3) is 0.167. The van der Waals surface area contributed by atoms with E-state index in [1.807, 2.05) is 31.2 Å². The molecule has 0 saturated carbocycles. The van der Waals surface area contributed by atoms with E-state index in [1.54, 1.807) is 0 Å². The third kappa shape index (κ3) is 1.25. The molecule has 0 heterocycles. The summed E-state index contributed by atoms with van der Waals surface area (Å²) in [5.41, 5.74) is 9.03. The molecule has 72 valence electrons. The van der Waals surface area contributed by atoms with Gasteiger partial charge in [0.05, 0.1) is 0 Å². The van der Waals surface area contributed by atoms with Crippen LogP contribution in [-0.2, 0) is 0 Å². The summed E-state index contributed by atoms with van der Waals surface area (Å²) < 4.78 is 0. The summed E-state index contributed by atoms with van der Waals surface area (Å²) >= 11 is 6.10. The number of hydrogen-bond acceptors (Lipinski definition) is 1. The fourth-order valence-electron chi connectivity index (χ4n) is 1.75. The van der Waals surface area contributed by atoms with Gasteiger partial charge in [0.15, 0.2) is 0 Å². The molecule has 0 atom stereocenters. The molecule has 0 aromatic heterocycles. The molecule has 0 amide bonds. The van der Waals surface area contributed by atoms with Gasteiger partial charge in [0, 0.05) is 16.1 Å². The SMILES string of the molecule is Cc1c(Cl)cc2cccc(N)c2c1C. The summed E-state index contributed by atoms with van der Waals surface area (Å²) in [5, 5.41) is 3.04. The molecule has 0 aliphatic carbocycles. The van der Waals surface area contributed by atoms with Crippen LogP contribution < -0.4 is 5.73 Å². The number of aryl methyl sites for hydroxylation is 1. The Morgan fingerprint density at radius 1 is 1.14 bits per heavy atom. The smallest absolute Gasteiger partial charge is 0.0444 e. The molecule has 0 bridgehead atoms. The van der Waals surface area contributed by atoms with Crippen molar-refractivity contribution >= 4 is 28.1 Å². The van der Waals surface area contributed by atoms with E-state index in [0.29, 0.717) is 0 Å². The maximum Gasteiger partial charge on any atom is 0.0444 e. The topological polar surface area (TPSA) is 26.0 Å². The van der Waals surface area contributed by atoms with Gasteiger partial charge in [-0.2, -0.15) is 0 Å². The molecule has 2 aromatic carbocycles. The maximum atomic E-state index is 6.10. The first-order chi connectivity index (χ1) is 6.61. The van der Waals surface area contributed by atoms with Crippen LogP contribution in [0, 0.1) is 13.8 Å². The number of fused-ring (bicyclic) bond motifs is 1. The molecule has 0 aliphatic rings. The zero-order valence-electron chi connectivity index (χ0n) is 8.26. The summed E-state index contributed by atoms with van der Waals surface area (Å²) in [4.78, 5) is 0. The normalized spacial score (nSPS) is 10.8. The Morgan fingerprint density at radius 2 is 1.86 bits per heavy atom. The fourth-order valence-corrected chi connectivity index (χ4v) is 2.01. The van der Waals surface area contributed by atoms with Crippen molar-refractivity contribution in [2.45, 2.75) is 13.8 Å². The molecule has 2 rings (SSSR count). The van der Waals surface area contributed by atoms with E-state index in [4.69, 9.17) is 17.3 Å². The van der Waals surface area contributed by atoms with Gasteiger partial charge in [-0.15, -0.1) is 0 Å². The van der Waals surface area contributed by atoms with Crippen LogP contribution in [0.1, 0.15) is 11.1 Å². The van der Waals surface area contributed by atoms with E-state index in [9.17, 15) is 0 Å². The zero-order chi connectivity index (χ0) is 10.3. The van der Waals surface area contributed by atoms with E-state index >= 15 is 0 Å². The van der Waals surface area contributed by atoms with Crippen molar-refractivity contribution < 1.29 is 0 Å². The van der Waals surface area contributed by atoms with Gasteiger partial charge in [0.25, 0.3) is 0 Å². The third-order valence-corrected chi connectivity index (χ3v) is 3.10. The van der Waals surface area contributed by atoms with Gasteiger partial charge < -0.3 is 5.73 Å². The van der Waals surface area contributed by atoms with Crippen molar-refractivity contribution in [2.24, 2.45) is 0 Å². The van der Waals surface area contributed by atoms with E-state index in [1.165, 1.54) is 5.56 Å². The van der Waals surface area contributed by atoms with Gasteiger partial charge in [0.2, 0.25) is 0 Å². The number of rotatable bonds is 0. The van der Waals surface area contributed by atoms with Crippen molar-refractivity contribution in [2.75, 3.05) is 5.73 Å². The van der Waals surface area contributed by atoms with Crippen LogP contribution in [-0.4, -0.2) is 0 Å². The number of hydrogen-bond donors (Lipinski definition) is 1. The van der Waals surface area contributed by atoms with E-state index in [2.05, 4.69) is 6.92 Å². The Bertz CT molecular complexity index is 503. The number of nitrogens with two attached hydrogens (primary N) is 1. The Hall–Kier alpha value is -1.21. The molecule has 14 heavy (non-hydrogen) atoms. The molecule has 2 heteroatoms. The van der Waals surface area contributed by atoms with Gasteiger partial charge in [-0.25, -0.2) is 0 Å². The highest BCUT2D eigenvalue weighted by Gasteiger charge is 2.06. The van der Waals surface area contributed by atoms with Gasteiger partial charge in [-0.05, 0) is 42.5 Å². The number of benzene rings is 2. The number of halogens is 1. The third-order valence-electron chi connectivity index (χ3n) is 2.71. The molecular weight excluding hydrogens is 194 g/mol. The molecule has 0 saturated heterocycles. The largest absolute Gasteiger partial charge is 0.398 e. The van der Waals surface area contributed by atoms with E-state index in [0.717, 1.165) is 27.0 Å². The number of anilines is 1. The van der Waals surface area contributed by atoms with Gasteiger partial charge in [-0.3, -0.25) is 0 Å². The van der Waals surface area contributed by atoms with Crippen LogP contribution in [0.2, 0.25) is 5.02 Å². The van der Waals surface area contributed by atoms with Crippen molar-refractivity contribution in [3.63, 3.8) is 0 Å². The Kier molecular flexibility index (Phi) is 2.12. The molecule has 2 aromatic rings. The first-order valence-electron chi connectivity index (χ1n) is 4.55. The lowest BCUT2D eigenvalue weighted by molar-refractivity contribution is 1.38. The lowest BCUT2D eigenvalue weighted by Crippen LogP contribution is -1.92. The quantitative estimate of drug-likeness (QED) is 0.653. The van der Waals surface area contributed by atoms with Crippen LogP contribution in [0.25, 0.3) is 10.8 Å². The molecular formula is C12H12ClN. The van der Waals surface area contributed by atoms with Crippen molar-refractivity contribution in [1.29, 1.82) is 0 Å². The van der Waals surface area contributed by atoms with Crippen LogP contribution in [0.5, 0.6) is 0 Å². The second-order valence-corrected chi connectivity index (χ2v) is 3.96. The summed E-state index contributed by atoms with van der Waals surface area (Å²) in [7, 11) is 0. The minimum atomic E-state index is 0.806. The van der Waals surface area contributed by atoms with Gasteiger partial charge >= 0.3 is 0 Å². The standard InChI is InChI=1S/C12H12ClN/c1-7-8(2)12-9(6-10(7)13)4-3-5-11(12)14/h3-6H,14H2,1-2H3. The van der Waals surface area contributed by atoms with Crippen LogP contribution in [0.15, 0.2) is 24.3 Å². The minimum Gasteiger partial charge on any atom is -0.398 e. The molecule has 0 spiro atoms. The Morgan fingerprint density at radius 3 is 2.57 bits per heavy atom. The first-order valence-corrected chi connectivity index (χ1v) is 4.93. The lowest BCUT2D eigenvalue weighted by Gasteiger charge is -2.10. The van der Waals surface area contributed by atoms with Crippen LogP contribution in [0.3, 0.4) is 0 Å². The maximum absolute atomic E-state index is 6.10. The molecule has 0 unspecified atom stereocenters. The monoisotopic (exact) mass is 205 g/mol. The van der Waals surface area contributed by atoms with Crippen molar-refractivity contribution in [1.82, 2.24) is 0 Å². The van der Waals surface area contributed by atoms with E-state index < -0.39 is 0 Å². The number of nitrogen functional groups attached to an aromatic ring is 1. The highest BCUT2D eigenvalue weighted by atomic mass is 35.5. The predicted molar refractivity (Wildman–Crippen MR) is 62.8 cm³/mol. The molecule has 1 nitrogen and oxygen atoms in total. The van der Waals surface area contributed by atoms with E-state index in [-0.39, 0.29) is 0 Å². The van der Waals surface area contributed by atoms with Gasteiger partial charge in [0.1, 0.15) is 0 Å². The summed E-state index contributed by atoms with van der Waals surface area (Å²) in [6, 6.07) is 7.87.